The van der Waals surface area contributed by atoms with Gasteiger partial charge in [0.05, 0.1) is 19.4 Å². The second kappa shape index (κ2) is 9.72. The van der Waals surface area contributed by atoms with Crippen LogP contribution in [0.25, 0.3) is 0 Å². The summed E-state index contributed by atoms with van der Waals surface area (Å²) in [6.07, 6.45) is -3.35. The highest BCUT2D eigenvalue weighted by atomic mass is 19.4. The zero-order valence-corrected chi connectivity index (χ0v) is 16.0. The molecule has 0 aliphatic carbocycles. The topological polar surface area (TPSA) is 114 Å². The van der Waals surface area contributed by atoms with Crippen molar-refractivity contribution in [2.75, 3.05) is 37.8 Å². The van der Waals surface area contributed by atoms with Crippen molar-refractivity contribution in [3.05, 3.63) is 11.9 Å². The molecule has 2 heterocycles. The number of anilines is 1. The summed E-state index contributed by atoms with van der Waals surface area (Å²) in [6.45, 7) is 3.45. The van der Waals surface area contributed by atoms with Crippen LogP contribution in [0.2, 0.25) is 0 Å². The van der Waals surface area contributed by atoms with E-state index in [1.165, 1.54) is 0 Å². The fourth-order valence-corrected chi connectivity index (χ4v) is 2.64. The van der Waals surface area contributed by atoms with Crippen LogP contribution in [0.15, 0.2) is 6.20 Å². The second-order valence-electron chi connectivity index (χ2n) is 6.88. The highest BCUT2D eigenvalue weighted by Gasteiger charge is 2.31. The van der Waals surface area contributed by atoms with Crippen LogP contribution in [0, 0.1) is 5.92 Å². The molecule has 1 saturated heterocycles. The Morgan fingerprint density at radius 3 is 2.55 bits per heavy atom. The number of ether oxygens (including phenoxy) is 2. The van der Waals surface area contributed by atoms with Gasteiger partial charge in [0, 0.05) is 13.1 Å². The fraction of sp³-hybridized carbons (Fsp3) is 0.647. The average molecular weight is 420 g/mol. The van der Waals surface area contributed by atoms with E-state index in [2.05, 4.69) is 15.3 Å². The number of carboxylic acid groups (broad SMARTS) is 1. The molecule has 12 heteroatoms. The normalized spacial score (nSPS) is 15.9. The first-order chi connectivity index (χ1) is 13.6. The van der Waals surface area contributed by atoms with Gasteiger partial charge in [-0.05, 0) is 12.3 Å². The van der Waals surface area contributed by atoms with Crippen LogP contribution in [0.5, 0.6) is 5.88 Å². The summed E-state index contributed by atoms with van der Waals surface area (Å²) >= 11 is 0. The zero-order valence-electron chi connectivity index (χ0n) is 16.0. The molecule has 162 valence electrons. The molecule has 0 unspecified atom stereocenters. The third-order valence-electron chi connectivity index (χ3n) is 3.95. The first-order valence-corrected chi connectivity index (χ1v) is 8.99. The number of carbonyl (C=O) groups is 2. The van der Waals surface area contributed by atoms with Crippen molar-refractivity contribution in [2.45, 2.75) is 32.5 Å². The van der Waals surface area contributed by atoms with E-state index in [9.17, 15) is 27.9 Å². The smallest absolute Gasteiger partial charge is 0.422 e. The predicted molar refractivity (Wildman–Crippen MR) is 95.0 cm³/mol. The molecule has 1 aromatic heterocycles. The molecule has 0 spiro atoms. The van der Waals surface area contributed by atoms with Gasteiger partial charge in [-0.3, -0.25) is 4.79 Å². The number of amides is 1. The molecule has 2 N–H and O–H groups in total. The van der Waals surface area contributed by atoms with E-state index >= 15 is 0 Å². The van der Waals surface area contributed by atoms with Gasteiger partial charge in [-0.2, -0.15) is 13.2 Å². The lowest BCUT2D eigenvalue weighted by atomic mass is 10.0. The molecule has 1 atom stereocenters. The van der Waals surface area contributed by atoms with Crippen LogP contribution in [0.1, 0.15) is 30.8 Å². The van der Waals surface area contributed by atoms with E-state index in [-0.39, 0.29) is 23.9 Å². The molecule has 0 radical (unpaired) electrons. The van der Waals surface area contributed by atoms with Gasteiger partial charge in [0.25, 0.3) is 11.8 Å². The number of halogens is 3. The Morgan fingerprint density at radius 1 is 1.34 bits per heavy atom. The number of carboxylic acids is 1. The van der Waals surface area contributed by atoms with Crippen LogP contribution < -0.4 is 15.0 Å². The minimum atomic E-state index is -4.60. The molecule has 0 aromatic carbocycles. The number of aliphatic carboxylic acids is 1. The van der Waals surface area contributed by atoms with Gasteiger partial charge in [0.2, 0.25) is 0 Å². The molecule has 2 rings (SSSR count). The van der Waals surface area contributed by atoms with Gasteiger partial charge in [-0.15, -0.1) is 0 Å². The fourth-order valence-electron chi connectivity index (χ4n) is 2.64. The molecule has 0 saturated carbocycles. The summed E-state index contributed by atoms with van der Waals surface area (Å²) in [6, 6.07) is -1.16. The third kappa shape index (κ3) is 7.04. The van der Waals surface area contributed by atoms with Crippen molar-refractivity contribution >= 4 is 17.7 Å². The van der Waals surface area contributed by atoms with Gasteiger partial charge >= 0.3 is 12.1 Å². The van der Waals surface area contributed by atoms with E-state index < -0.39 is 36.6 Å². The molecule has 1 fully saturated rings. The molecule has 1 aliphatic rings. The monoisotopic (exact) mass is 420 g/mol. The molecule has 1 aliphatic heterocycles. The Morgan fingerprint density at radius 2 is 2.00 bits per heavy atom. The lowest BCUT2D eigenvalue weighted by molar-refractivity contribution is -0.154. The lowest BCUT2D eigenvalue weighted by Crippen LogP contribution is -2.42. The number of aromatic nitrogens is 2. The third-order valence-corrected chi connectivity index (χ3v) is 3.95. The Bertz CT molecular complexity index is 724. The summed E-state index contributed by atoms with van der Waals surface area (Å²) in [5.41, 5.74) is -0.339. The summed E-state index contributed by atoms with van der Waals surface area (Å²) in [4.78, 5) is 33.3. The molecular weight excluding hydrogens is 397 g/mol. The Hall–Kier alpha value is -2.63. The van der Waals surface area contributed by atoms with Crippen LogP contribution in [-0.2, 0) is 9.53 Å². The van der Waals surface area contributed by atoms with Crippen LogP contribution in [0.3, 0.4) is 0 Å². The Labute approximate surface area is 165 Å². The van der Waals surface area contributed by atoms with Crippen molar-refractivity contribution in [2.24, 2.45) is 5.92 Å². The first-order valence-electron chi connectivity index (χ1n) is 8.99. The number of hydrogen-bond acceptors (Lipinski definition) is 7. The van der Waals surface area contributed by atoms with Gasteiger partial charge in [-0.1, -0.05) is 13.8 Å². The summed E-state index contributed by atoms with van der Waals surface area (Å²) < 4.78 is 47.8. The number of rotatable bonds is 8. The molecular formula is C17H23F3N4O5. The van der Waals surface area contributed by atoms with E-state index in [1.54, 1.807) is 18.7 Å². The SMILES string of the molecule is CC(C)C[C@H](NC(=O)c1cnc(N2CCOCC2)c(OCC(F)(F)F)n1)C(=O)O. The Kier molecular flexibility index (Phi) is 7.59. The van der Waals surface area contributed by atoms with Crippen molar-refractivity contribution in [3.8, 4) is 5.88 Å². The van der Waals surface area contributed by atoms with Crippen molar-refractivity contribution in [1.29, 1.82) is 0 Å². The lowest BCUT2D eigenvalue weighted by Gasteiger charge is -2.28. The number of morpholine rings is 1. The molecule has 0 bridgehead atoms. The maximum atomic E-state index is 12.6. The average Bonchev–Trinajstić information content (AvgIpc) is 2.65. The summed E-state index contributed by atoms with van der Waals surface area (Å²) in [7, 11) is 0. The quantitative estimate of drug-likeness (QED) is 0.650. The van der Waals surface area contributed by atoms with Crippen molar-refractivity contribution in [3.63, 3.8) is 0 Å². The largest absolute Gasteiger partial charge is 0.480 e. The molecule has 1 amide bonds. The van der Waals surface area contributed by atoms with Crippen LogP contribution in [-0.4, -0.2) is 72.1 Å². The van der Waals surface area contributed by atoms with E-state index in [4.69, 9.17) is 9.47 Å². The standard InChI is InChI=1S/C17H23F3N4O5/c1-10(2)7-11(16(26)27)22-14(25)12-8-21-13(24-3-5-28-6-4-24)15(23-12)29-9-17(18,19)20/h8,10-11H,3-7,9H2,1-2H3,(H,22,25)(H,26,27)/t11-/m0/s1. The number of nitrogens with one attached hydrogen (secondary N) is 1. The minimum Gasteiger partial charge on any atom is -0.480 e. The van der Waals surface area contributed by atoms with E-state index in [0.717, 1.165) is 6.20 Å². The minimum absolute atomic E-state index is 0.00291. The van der Waals surface area contributed by atoms with Gasteiger partial charge in [0.1, 0.15) is 6.04 Å². The second-order valence-corrected chi connectivity index (χ2v) is 6.88. The van der Waals surface area contributed by atoms with Gasteiger partial charge in [-0.25, -0.2) is 14.8 Å². The number of hydrogen-bond donors (Lipinski definition) is 2. The maximum absolute atomic E-state index is 12.6. The molecule has 9 nitrogen and oxygen atoms in total. The van der Waals surface area contributed by atoms with Crippen molar-refractivity contribution in [1.82, 2.24) is 15.3 Å². The predicted octanol–water partition coefficient (Wildman–Crippen LogP) is 1.48. The molecule has 1 aromatic rings. The number of nitrogens with zero attached hydrogens (tertiary/aromatic N) is 3. The first kappa shape index (κ1) is 22.7. The Balaban J connectivity index is 2.25. The molecule has 29 heavy (non-hydrogen) atoms. The van der Waals surface area contributed by atoms with Crippen LogP contribution in [0.4, 0.5) is 19.0 Å². The summed E-state index contributed by atoms with van der Waals surface area (Å²) in [5, 5.41) is 11.6. The number of alkyl halides is 3. The maximum Gasteiger partial charge on any atom is 0.422 e. The summed E-state index contributed by atoms with van der Waals surface area (Å²) in [5.74, 6) is -2.48. The number of carbonyl (C=O) groups excluding carboxylic acids is 1. The van der Waals surface area contributed by atoms with Gasteiger partial charge < -0.3 is 24.8 Å². The van der Waals surface area contributed by atoms with E-state index in [1.807, 2.05) is 0 Å². The highest BCUT2D eigenvalue weighted by molar-refractivity contribution is 5.95. The zero-order chi connectivity index (χ0) is 21.6. The van der Waals surface area contributed by atoms with E-state index in [0.29, 0.717) is 26.3 Å². The van der Waals surface area contributed by atoms with Crippen LogP contribution >= 0.6 is 0 Å². The van der Waals surface area contributed by atoms with Gasteiger partial charge in [0.15, 0.2) is 18.1 Å². The van der Waals surface area contributed by atoms with Crippen molar-refractivity contribution < 1.29 is 37.3 Å². The highest BCUT2D eigenvalue weighted by Crippen LogP contribution is 2.27.